The van der Waals surface area contributed by atoms with Gasteiger partial charge < -0.3 is 39.0 Å². The lowest BCUT2D eigenvalue weighted by Crippen LogP contribution is -2.61. The van der Waals surface area contributed by atoms with Gasteiger partial charge >= 0.3 is 23.9 Å². The fourth-order valence-corrected chi connectivity index (χ4v) is 10.2. The van der Waals surface area contributed by atoms with Crippen LogP contribution in [0.15, 0.2) is 85.1 Å². The van der Waals surface area contributed by atoms with Crippen molar-refractivity contribution in [3.05, 3.63) is 85.1 Å². The molecule has 1 aliphatic rings. The third kappa shape index (κ3) is 49.6. The summed E-state index contributed by atoms with van der Waals surface area (Å²) in [5.41, 5.74) is 0. The summed E-state index contributed by atoms with van der Waals surface area (Å²) in [7, 11) is 0. The summed E-state index contributed by atoms with van der Waals surface area (Å²) < 4.78 is 28.6. The van der Waals surface area contributed by atoms with Crippen LogP contribution in [0.3, 0.4) is 0 Å². The summed E-state index contributed by atoms with van der Waals surface area (Å²) >= 11 is 0. The van der Waals surface area contributed by atoms with Gasteiger partial charge in [0.05, 0.1) is 6.61 Å². The summed E-state index contributed by atoms with van der Waals surface area (Å²) in [4.78, 5) is 51.5. The van der Waals surface area contributed by atoms with Crippen LogP contribution in [0.25, 0.3) is 0 Å². The first-order chi connectivity index (χ1) is 41.6. The quantitative estimate of drug-likeness (QED) is 0.0228. The third-order valence-electron chi connectivity index (χ3n) is 15.5. The fraction of sp³-hybridized carbons (Fsp3) is 0.753. The molecule has 1 heterocycles. The molecule has 1 fully saturated rings. The summed E-state index contributed by atoms with van der Waals surface area (Å²) in [5, 5.41) is 31.7. The zero-order chi connectivity index (χ0) is 61.7. The normalized spacial score (nSPS) is 18.0. The Balaban J connectivity index is 2.66. The van der Waals surface area contributed by atoms with Gasteiger partial charge in [0.1, 0.15) is 18.8 Å². The number of carbonyl (C=O) groups is 4. The van der Waals surface area contributed by atoms with Gasteiger partial charge in [-0.1, -0.05) is 273 Å². The Bertz CT molecular complexity index is 1800. The first kappa shape index (κ1) is 78.9. The molecule has 12 heteroatoms. The predicted molar refractivity (Wildman–Crippen MR) is 349 cm³/mol. The predicted octanol–water partition coefficient (Wildman–Crippen LogP) is 19.0. The van der Waals surface area contributed by atoms with Crippen LogP contribution in [0, 0.1) is 0 Å². The lowest BCUT2D eigenvalue weighted by molar-refractivity contribution is -0.301. The van der Waals surface area contributed by atoms with Crippen molar-refractivity contribution < 1.29 is 58.2 Å². The van der Waals surface area contributed by atoms with Crippen LogP contribution < -0.4 is 0 Å². The van der Waals surface area contributed by atoms with Crippen LogP contribution in [-0.4, -0.2) is 89.2 Å². The second kappa shape index (κ2) is 60.2. The monoisotopic (exact) mass is 1190 g/mol. The van der Waals surface area contributed by atoms with Crippen molar-refractivity contribution in [1.29, 1.82) is 0 Å². The van der Waals surface area contributed by atoms with E-state index in [1.165, 1.54) is 141 Å². The number of carbonyl (C=O) groups excluding carboxylic acids is 3. The largest absolute Gasteiger partial charge is 0.479 e. The van der Waals surface area contributed by atoms with Crippen molar-refractivity contribution in [2.24, 2.45) is 0 Å². The molecule has 1 aliphatic heterocycles. The Labute approximate surface area is 518 Å². The minimum absolute atomic E-state index is 0.0197. The first-order valence-electron chi connectivity index (χ1n) is 34.6. The van der Waals surface area contributed by atoms with Crippen LogP contribution in [-0.2, 0) is 42.9 Å². The van der Waals surface area contributed by atoms with Gasteiger partial charge in [0, 0.05) is 19.3 Å². The number of allylic oxidation sites excluding steroid dienone is 14. The van der Waals surface area contributed by atoms with E-state index in [0.717, 1.165) is 103 Å². The summed E-state index contributed by atoms with van der Waals surface area (Å²) in [6.45, 7) is 5.89. The number of carboxylic acids is 1. The van der Waals surface area contributed by atoms with Gasteiger partial charge in [-0.2, -0.15) is 0 Å². The summed E-state index contributed by atoms with van der Waals surface area (Å²) in [6.07, 6.45) is 66.7. The molecule has 0 aromatic heterocycles. The molecule has 0 aliphatic carbocycles. The molecule has 488 valence electrons. The van der Waals surface area contributed by atoms with Crippen molar-refractivity contribution in [2.45, 2.75) is 340 Å². The van der Waals surface area contributed by atoms with E-state index in [4.69, 9.17) is 23.7 Å². The van der Waals surface area contributed by atoms with E-state index < -0.39 is 67.3 Å². The van der Waals surface area contributed by atoms with E-state index in [2.05, 4.69) is 106 Å². The van der Waals surface area contributed by atoms with Crippen molar-refractivity contribution >= 4 is 23.9 Å². The highest BCUT2D eigenvalue weighted by Gasteiger charge is 2.50. The average molecular weight is 1190 g/mol. The molecular formula is C73H124O12. The van der Waals surface area contributed by atoms with Crippen molar-refractivity contribution in [3.8, 4) is 0 Å². The maximum absolute atomic E-state index is 13.2. The molecule has 0 bridgehead atoms. The van der Waals surface area contributed by atoms with Crippen molar-refractivity contribution in [2.75, 3.05) is 13.2 Å². The van der Waals surface area contributed by atoms with Crippen LogP contribution >= 0.6 is 0 Å². The van der Waals surface area contributed by atoms with E-state index in [-0.39, 0.29) is 25.9 Å². The van der Waals surface area contributed by atoms with Crippen LogP contribution in [0.4, 0.5) is 0 Å². The molecule has 0 amide bonds. The Hall–Kier alpha value is -4.10. The smallest absolute Gasteiger partial charge is 0.335 e. The number of carboxylic acid groups (broad SMARTS) is 1. The SMILES string of the molecule is CC/C=C\C/C=C\C/C=C\C/C=C\C/C=C\CCCCCC(=O)OC1C(OCC(COC(=O)CCCCCCCCCCC/C=C\C/C=C\CCCCC)OC(=O)CCCCCCCCCCCCCCCCCCC)OC(C(=O)O)C(O)C1O. The van der Waals surface area contributed by atoms with Crippen molar-refractivity contribution in [1.82, 2.24) is 0 Å². The fourth-order valence-electron chi connectivity index (χ4n) is 10.2. The molecule has 3 N–H and O–H groups in total. The van der Waals surface area contributed by atoms with Crippen molar-refractivity contribution in [3.63, 3.8) is 0 Å². The number of hydrogen-bond donors (Lipinski definition) is 3. The van der Waals surface area contributed by atoms with E-state index >= 15 is 0 Å². The Morgan fingerprint density at radius 2 is 0.741 bits per heavy atom. The van der Waals surface area contributed by atoms with Crippen LogP contribution in [0.2, 0.25) is 0 Å². The lowest BCUT2D eigenvalue weighted by atomic mass is 9.98. The lowest BCUT2D eigenvalue weighted by Gasteiger charge is -2.40. The highest BCUT2D eigenvalue weighted by atomic mass is 16.7. The minimum Gasteiger partial charge on any atom is -0.479 e. The number of unbranched alkanes of at least 4 members (excludes halogenated alkanes) is 31. The topological polar surface area (TPSA) is 175 Å². The van der Waals surface area contributed by atoms with Gasteiger partial charge in [0.15, 0.2) is 24.6 Å². The second-order valence-corrected chi connectivity index (χ2v) is 23.4. The van der Waals surface area contributed by atoms with E-state index in [9.17, 15) is 34.5 Å². The van der Waals surface area contributed by atoms with Crippen LogP contribution in [0.1, 0.15) is 303 Å². The Kier molecular flexibility index (Phi) is 55.9. The van der Waals surface area contributed by atoms with Gasteiger partial charge in [-0.15, -0.1) is 0 Å². The summed E-state index contributed by atoms with van der Waals surface area (Å²) in [5.74, 6) is -3.15. The second-order valence-electron chi connectivity index (χ2n) is 23.4. The number of ether oxygens (including phenoxy) is 5. The van der Waals surface area contributed by atoms with Crippen LogP contribution in [0.5, 0.6) is 0 Å². The Morgan fingerprint density at radius 3 is 1.16 bits per heavy atom. The molecule has 0 spiro atoms. The number of rotatable bonds is 59. The van der Waals surface area contributed by atoms with Gasteiger partial charge in [-0.3, -0.25) is 14.4 Å². The molecule has 6 atom stereocenters. The number of aliphatic hydroxyl groups is 2. The molecule has 1 saturated heterocycles. The molecule has 12 nitrogen and oxygen atoms in total. The molecule has 85 heavy (non-hydrogen) atoms. The number of aliphatic hydroxyl groups excluding tert-OH is 2. The standard InChI is InChI=1S/C73H124O12/c1-4-7-10-13-16-19-22-25-28-31-33-36-38-41-44-47-50-53-56-59-65(74)81-62-64(83-66(75)60-57-54-51-48-45-42-39-35-30-27-24-21-18-15-12-9-6-3)63-82-73-71(69(78)68(77)70(85-73)72(79)80)84-67(76)61-58-55-52-49-46-43-40-37-34-32-29-26-23-20-17-14-11-8-5-2/h8,11,16-17,19-20,25-26,28-29,34,37,43,46,64,68-71,73,77-78H,4-7,9-10,12-15,18,21-24,27,30-33,35-36,38-42,44-45,47-63H2,1-3H3,(H,79,80)/b11-8-,19-16-,20-17-,28-25-,29-26-,37-34-,46-43-. The highest BCUT2D eigenvalue weighted by molar-refractivity contribution is 5.74. The average Bonchev–Trinajstić information content (AvgIpc) is 2.79. The molecule has 0 aromatic rings. The first-order valence-corrected chi connectivity index (χ1v) is 34.6. The molecule has 0 radical (unpaired) electrons. The Morgan fingerprint density at radius 1 is 0.400 bits per heavy atom. The molecule has 0 aromatic carbocycles. The minimum atomic E-state index is -1.92. The van der Waals surface area contributed by atoms with E-state index in [1.807, 2.05) is 0 Å². The molecular weight excluding hydrogens is 1070 g/mol. The zero-order valence-corrected chi connectivity index (χ0v) is 54.1. The molecule has 0 saturated carbocycles. The molecule has 6 unspecified atom stereocenters. The number of hydrogen-bond acceptors (Lipinski definition) is 11. The maximum Gasteiger partial charge on any atom is 0.335 e. The van der Waals surface area contributed by atoms with E-state index in [1.54, 1.807) is 0 Å². The molecule has 1 rings (SSSR count). The number of aliphatic carboxylic acids is 1. The summed E-state index contributed by atoms with van der Waals surface area (Å²) in [6, 6.07) is 0. The van der Waals surface area contributed by atoms with Gasteiger partial charge in [0.2, 0.25) is 0 Å². The highest BCUT2D eigenvalue weighted by Crippen LogP contribution is 2.27. The maximum atomic E-state index is 13.2. The third-order valence-corrected chi connectivity index (χ3v) is 15.5. The zero-order valence-electron chi connectivity index (χ0n) is 54.1. The van der Waals surface area contributed by atoms with Gasteiger partial charge in [0.25, 0.3) is 0 Å². The number of esters is 3. The van der Waals surface area contributed by atoms with E-state index in [0.29, 0.717) is 19.3 Å². The van der Waals surface area contributed by atoms with Gasteiger partial charge in [-0.25, -0.2) is 4.79 Å². The van der Waals surface area contributed by atoms with Gasteiger partial charge in [-0.05, 0) is 96.3 Å².